The molecule has 0 spiro atoms. The van der Waals surface area contributed by atoms with Crippen molar-refractivity contribution in [2.24, 2.45) is 11.8 Å². The van der Waals surface area contributed by atoms with E-state index >= 15 is 0 Å². The van der Waals surface area contributed by atoms with Gasteiger partial charge in [-0.1, -0.05) is 43.2 Å². The minimum Gasteiger partial charge on any atom is -0.506 e. The van der Waals surface area contributed by atoms with Gasteiger partial charge in [0.05, 0.1) is 17.7 Å². The molecule has 0 unspecified atom stereocenters. The summed E-state index contributed by atoms with van der Waals surface area (Å²) in [6.45, 7) is 8.79. The fraction of sp³-hybridized carbons (Fsp3) is 0.556. The number of hydrogen-bond acceptors (Lipinski definition) is 6. The zero-order valence-corrected chi connectivity index (χ0v) is 23.1. The van der Waals surface area contributed by atoms with Crippen LogP contribution in [0.4, 0.5) is 0 Å². The molecule has 1 aliphatic heterocycles. The van der Waals surface area contributed by atoms with Gasteiger partial charge in [-0.25, -0.2) is 4.79 Å². The highest BCUT2D eigenvalue weighted by Gasteiger charge is 2.31. The Morgan fingerprint density at radius 2 is 1.78 bits per heavy atom. The first-order valence-electron chi connectivity index (χ1n) is 12.5. The van der Waals surface area contributed by atoms with Crippen molar-refractivity contribution in [1.29, 1.82) is 0 Å². The van der Waals surface area contributed by atoms with Crippen molar-refractivity contribution >= 4 is 35.3 Å². The summed E-state index contributed by atoms with van der Waals surface area (Å²) in [5.74, 6) is -2.22. The van der Waals surface area contributed by atoms with Crippen LogP contribution in [0.25, 0.3) is 0 Å². The number of esters is 1. The maximum Gasteiger partial charge on any atom is 0.328 e. The van der Waals surface area contributed by atoms with Crippen LogP contribution < -0.4 is 10.6 Å². The molecule has 37 heavy (non-hydrogen) atoms. The van der Waals surface area contributed by atoms with Gasteiger partial charge in [-0.05, 0) is 57.2 Å². The zero-order valence-electron chi connectivity index (χ0n) is 22.3. The van der Waals surface area contributed by atoms with Crippen LogP contribution in [0.5, 0.6) is 5.75 Å². The number of phenols is 1. The maximum atomic E-state index is 13.3. The maximum absolute atomic E-state index is 13.3. The van der Waals surface area contributed by atoms with Crippen molar-refractivity contribution in [2.45, 2.75) is 72.1 Å². The van der Waals surface area contributed by atoms with Crippen molar-refractivity contribution in [3.8, 4) is 5.75 Å². The predicted molar refractivity (Wildman–Crippen MR) is 141 cm³/mol. The Bertz CT molecular complexity index is 1040. The lowest BCUT2D eigenvalue weighted by atomic mass is 9.96. The number of carbonyl (C=O) groups excluding carboxylic acids is 4. The molecule has 2 rings (SSSR count). The number of rotatable bonds is 2. The number of benzene rings is 1. The molecule has 0 bridgehead atoms. The Kier molecular flexibility index (Phi) is 11.0. The summed E-state index contributed by atoms with van der Waals surface area (Å²) in [7, 11) is 1.46. The number of ether oxygens (including phenoxy) is 1. The highest BCUT2D eigenvalue weighted by atomic mass is 35.5. The van der Waals surface area contributed by atoms with Gasteiger partial charge in [0.15, 0.2) is 0 Å². The van der Waals surface area contributed by atoms with Gasteiger partial charge in [0.1, 0.15) is 17.8 Å². The first-order valence-corrected chi connectivity index (χ1v) is 12.8. The summed E-state index contributed by atoms with van der Waals surface area (Å²) in [4.78, 5) is 52.8. The SMILES string of the molecule is C/C1=C\[C@H](C)C[C@H](C)OC(=O)[C@H](C)NC(=O)[C@@H](Cc2ccc(O)c(Cl)c2)N(C)C(=O)CNC(=O)[C@@H](C)C1. The summed E-state index contributed by atoms with van der Waals surface area (Å²) < 4.78 is 5.56. The highest BCUT2D eigenvalue weighted by molar-refractivity contribution is 6.32. The standard InChI is InChI=1S/C27H38ClN3O6/c1-15-9-16(2)11-18(4)37-27(36)19(5)30-26(35)22(13-20-7-8-23(32)21(28)12-20)31(6)24(33)14-29-25(34)17(3)10-15/h7-9,12,16-19,22,32H,10-11,13-14H2,1-6H3,(H,29,34)(H,30,35)/b15-9+/t16-,17-,18-,19-,22+/m0/s1. The van der Waals surface area contributed by atoms with Crippen LogP contribution >= 0.6 is 11.6 Å². The zero-order chi connectivity index (χ0) is 27.9. The molecule has 0 saturated carbocycles. The molecule has 0 aromatic heterocycles. The van der Waals surface area contributed by atoms with E-state index in [1.807, 2.05) is 13.8 Å². The van der Waals surface area contributed by atoms with E-state index in [2.05, 4.69) is 16.7 Å². The molecule has 1 aromatic carbocycles. The molecule has 0 saturated heterocycles. The molecule has 3 N–H and O–H groups in total. The summed E-state index contributed by atoms with van der Waals surface area (Å²) >= 11 is 6.03. The molecular formula is C27H38ClN3O6. The monoisotopic (exact) mass is 535 g/mol. The van der Waals surface area contributed by atoms with Crippen molar-refractivity contribution < 1.29 is 29.0 Å². The topological polar surface area (TPSA) is 125 Å². The number of phenolic OH excluding ortho intramolecular Hbond substituents is 1. The van der Waals surface area contributed by atoms with E-state index in [9.17, 15) is 24.3 Å². The van der Waals surface area contributed by atoms with E-state index in [4.69, 9.17) is 16.3 Å². The number of halogens is 1. The molecule has 10 heteroatoms. The number of carbonyl (C=O) groups is 4. The van der Waals surface area contributed by atoms with Crippen molar-refractivity contribution in [1.82, 2.24) is 15.5 Å². The minimum absolute atomic E-state index is 0.0676. The number of aromatic hydroxyl groups is 1. The van der Waals surface area contributed by atoms with Gasteiger partial charge in [-0.2, -0.15) is 0 Å². The number of amides is 3. The van der Waals surface area contributed by atoms with E-state index in [0.717, 1.165) is 5.57 Å². The Balaban J connectivity index is 2.34. The lowest BCUT2D eigenvalue weighted by molar-refractivity contribution is -0.153. The van der Waals surface area contributed by atoms with Gasteiger partial charge in [-0.15, -0.1) is 0 Å². The third-order valence-electron chi connectivity index (χ3n) is 6.40. The van der Waals surface area contributed by atoms with Crippen molar-refractivity contribution in [3.05, 3.63) is 40.4 Å². The van der Waals surface area contributed by atoms with Crippen LogP contribution in [-0.2, 0) is 30.3 Å². The lowest BCUT2D eigenvalue weighted by Crippen LogP contribution is -2.54. The Morgan fingerprint density at radius 1 is 1.11 bits per heavy atom. The van der Waals surface area contributed by atoms with Crippen LogP contribution in [-0.4, -0.2) is 65.5 Å². The number of hydrogen-bond donors (Lipinski definition) is 3. The molecule has 1 aliphatic rings. The molecule has 0 aliphatic carbocycles. The van der Waals surface area contributed by atoms with Gasteiger partial charge in [-0.3, -0.25) is 14.4 Å². The van der Waals surface area contributed by atoms with E-state index in [0.29, 0.717) is 18.4 Å². The highest BCUT2D eigenvalue weighted by Crippen LogP contribution is 2.25. The fourth-order valence-corrected chi connectivity index (χ4v) is 4.58. The van der Waals surface area contributed by atoms with Gasteiger partial charge in [0.2, 0.25) is 17.7 Å². The number of nitrogens with zero attached hydrogens (tertiary/aromatic N) is 1. The largest absolute Gasteiger partial charge is 0.506 e. The molecule has 1 aromatic rings. The molecule has 5 atom stereocenters. The number of allylic oxidation sites excluding steroid dienone is 2. The van der Waals surface area contributed by atoms with Gasteiger partial charge in [0.25, 0.3) is 0 Å². The Morgan fingerprint density at radius 3 is 2.43 bits per heavy atom. The Labute approximate surface area is 223 Å². The van der Waals surface area contributed by atoms with Crippen molar-refractivity contribution in [3.63, 3.8) is 0 Å². The van der Waals surface area contributed by atoms with Crippen LogP contribution in [0.15, 0.2) is 29.8 Å². The van der Waals surface area contributed by atoms with E-state index in [1.165, 1.54) is 31.0 Å². The Hall–Kier alpha value is -3.07. The smallest absolute Gasteiger partial charge is 0.328 e. The molecule has 0 fully saturated rings. The van der Waals surface area contributed by atoms with Crippen LogP contribution in [0.1, 0.15) is 53.0 Å². The third-order valence-corrected chi connectivity index (χ3v) is 6.70. The summed E-state index contributed by atoms with van der Waals surface area (Å²) in [6, 6.07) is 2.54. The van der Waals surface area contributed by atoms with Crippen molar-refractivity contribution in [2.75, 3.05) is 13.6 Å². The van der Waals surface area contributed by atoms with Crippen LogP contribution in [0.2, 0.25) is 5.02 Å². The first-order chi connectivity index (χ1) is 17.3. The fourth-order valence-electron chi connectivity index (χ4n) is 4.38. The van der Waals surface area contributed by atoms with Crippen LogP contribution in [0, 0.1) is 11.8 Å². The summed E-state index contributed by atoms with van der Waals surface area (Å²) in [6.07, 6.45) is 2.86. The molecule has 204 valence electrons. The number of cyclic esters (lactones) is 1. The summed E-state index contributed by atoms with van der Waals surface area (Å²) in [5, 5.41) is 15.2. The average molecular weight is 536 g/mol. The molecule has 3 amide bonds. The van der Waals surface area contributed by atoms with Gasteiger partial charge < -0.3 is 25.4 Å². The second-order valence-electron chi connectivity index (χ2n) is 10.0. The third kappa shape index (κ3) is 9.07. The van der Waals surface area contributed by atoms with E-state index in [-0.39, 0.29) is 47.6 Å². The predicted octanol–water partition coefficient (Wildman–Crippen LogP) is 2.98. The lowest BCUT2D eigenvalue weighted by Gasteiger charge is -2.29. The quantitative estimate of drug-likeness (QED) is 0.395. The second kappa shape index (κ2) is 13.5. The molecule has 1 heterocycles. The average Bonchev–Trinajstić information content (AvgIpc) is 2.81. The summed E-state index contributed by atoms with van der Waals surface area (Å²) in [5.41, 5.74) is 1.63. The number of nitrogens with one attached hydrogen (secondary N) is 2. The van der Waals surface area contributed by atoms with Gasteiger partial charge >= 0.3 is 5.97 Å². The molecule has 9 nitrogen and oxygen atoms in total. The van der Waals surface area contributed by atoms with E-state index < -0.39 is 29.9 Å². The van der Waals surface area contributed by atoms with E-state index in [1.54, 1.807) is 19.9 Å². The number of likely N-dealkylation sites (N-methyl/N-ethyl adjacent to an activating group) is 1. The minimum atomic E-state index is -1.01. The molecule has 0 radical (unpaired) electrons. The molecular weight excluding hydrogens is 498 g/mol. The van der Waals surface area contributed by atoms with Crippen LogP contribution in [0.3, 0.4) is 0 Å². The second-order valence-corrected chi connectivity index (χ2v) is 10.4. The normalized spacial score (nSPS) is 28.8. The first kappa shape index (κ1) is 30.2. The van der Waals surface area contributed by atoms with Gasteiger partial charge in [0, 0.05) is 19.4 Å².